The predicted octanol–water partition coefficient (Wildman–Crippen LogP) is 20.7. The first-order chi connectivity index (χ1) is 37.1. The second-order valence-electron chi connectivity index (χ2n) is 25.0. The van der Waals surface area contributed by atoms with Crippen LogP contribution in [-0.2, 0) is 21.7 Å². The van der Waals surface area contributed by atoms with E-state index in [1.807, 2.05) is 0 Å². The highest BCUT2D eigenvalue weighted by molar-refractivity contribution is 6.02. The largest absolute Gasteiger partial charge is 0.310 e. The fourth-order valence-corrected chi connectivity index (χ4v) is 14.9. The summed E-state index contributed by atoms with van der Waals surface area (Å²) in [5.41, 5.74) is 27.6. The lowest BCUT2D eigenvalue weighted by Gasteiger charge is -2.27. The molecule has 0 unspecified atom stereocenters. The molecule has 368 valence electrons. The van der Waals surface area contributed by atoms with Crippen LogP contribution in [-0.4, -0.2) is 0 Å². The Bertz CT molecular complexity index is 4350. The Morgan fingerprint density at radius 2 is 0.468 bits per heavy atom. The van der Waals surface area contributed by atoms with Crippen LogP contribution < -0.4 is 4.90 Å². The van der Waals surface area contributed by atoms with E-state index in [1.165, 1.54) is 143 Å². The molecule has 4 aliphatic rings. The number of hydrogen-bond donors (Lipinski definition) is 0. The van der Waals surface area contributed by atoms with Crippen molar-refractivity contribution < 1.29 is 0 Å². The first-order valence-electron chi connectivity index (χ1n) is 27.7. The van der Waals surface area contributed by atoms with E-state index in [1.54, 1.807) is 0 Å². The van der Waals surface area contributed by atoms with Crippen LogP contribution in [0, 0.1) is 0 Å². The van der Waals surface area contributed by atoms with Crippen molar-refractivity contribution in [3.05, 3.63) is 257 Å². The average molecular weight is 986 g/mol. The van der Waals surface area contributed by atoms with Gasteiger partial charge in [0.25, 0.3) is 0 Å². The Kier molecular flexibility index (Phi) is 8.78. The predicted molar refractivity (Wildman–Crippen MR) is 327 cm³/mol. The number of anilines is 3. The van der Waals surface area contributed by atoms with Crippen molar-refractivity contribution >= 4 is 60.2 Å². The third kappa shape index (κ3) is 6.12. The van der Waals surface area contributed by atoms with E-state index in [4.69, 9.17) is 0 Å². The monoisotopic (exact) mass is 985 g/mol. The first-order valence-corrected chi connectivity index (χ1v) is 27.7. The van der Waals surface area contributed by atoms with Crippen LogP contribution in [0.1, 0.15) is 99.9 Å². The molecule has 4 aliphatic carbocycles. The maximum Gasteiger partial charge on any atom is 0.0468 e. The molecule has 0 radical (unpaired) electrons. The number of rotatable bonds is 4. The van der Waals surface area contributed by atoms with E-state index in [-0.39, 0.29) is 21.7 Å². The summed E-state index contributed by atoms with van der Waals surface area (Å²) < 4.78 is 0. The van der Waals surface area contributed by atoms with E-state index in [0.29, 0.717) is 0 Å². The molecule has 1 heteroatoms. The highest BCUT2D eigenvalue weighted by Crippen LogP contribution is 2.59. The molecule has 0 saturated heterocycles. The maximum absolute atomic E-state index is 2.55. The summed E-state index contributed by atoms with van der Waals surface area (Å²) in [5.74, 6) is 0. The zero-order chi connectivity index (χ0) is 52.1. The molecule has 0 aliphatic heterocycles. The second-order valence-corrected chi connectivity index (χ2v) is 25.0. The third-order valence-corrected chi connectivity index (χ3v) is 19.3. The molecule has 0 heterocycles. The molecule has 0 fully saturated rings. The van der Waals surface area contributed by atoms with Crippen molar-refractivity contribution in [1.29, 1.82) is 0 Å². The molecule has 1 nitrogen and oxygen atoms in total. The minimum absolute atomic E-state index is 0.101. The normalized spacial score (nSPS) is 15.9. The molecule has 0 saturated carbocycles. The highest BCUT2D eigenvalue weighted by Gasteiger charge is 2.44. The molecule has 16 rings (SSSR count). The number of nitrogens with zero attached hydrogens (tertiary/aromatic N) is 1. The summed E-state index contributed by atoms with van der Waals surface area (Å²) in [6.07, 6.45) is 0. The standard InChI is InChI=1S/C76H59N/c1-73(2)65-36-48-20-14-12-18-46(48)32-57(65)61-40-71-63(42-69(61)73)59-34-50-24-28-55(30-52(50)38-67(59)75(71,5)6)77(54-26-22-45(23-27-54)44-16-10-9-11-17-44)56-29-25-51-35-60-64-43-70-62(41-72(64)76(7,8)68(60)39-53(51)31-56)58-33-47-19-13-15-21-49(47)37-66(58)74(70,3)4/h9-43H,1-8H3. The van der Waals surface area contributed by atoms with E-state index >= 15 is 0 Å². The van der Waals surface area contributed by atoms with Gasteiger partial charge in [-0.1, -0.05) is 159 Å². The van der Waals surface area contributed by atoms with Crippen LogP contribution >= 0.6 is 0 Å². The number of benzene rings is 12. The molecule has 0 N–H and O–H groups in total. The molecule has 77 heavy (non-hydrogen) atoms. The van der Waals surface area contributed by atoms with Gasteiger partial charge >= 0.3 is 0 Å². The van der Waals surface area contributed by atoms with Gasteiger partial charge in [0.15, 0.2) is 0 Å². The minimum Gasteiger partial charge on any atom is -0.310 e. The van der Waals surface area contributed by atoms with E-state index in [2.05, 4.69) is 273 Å². The van der Waals surface area contributed by atoms with Crippen molar-refractivity contribution in [2.75, 3.05) is 4.90 Å². The molecule has 12 aromatic rings. The quantitative estimate of drug-likeness (QED) is 0.170. The summed E-state index contributed by atoms with van der Waals surface area (Å²) in [6.45, 7) is 19.4. The molecular formula is C76H59N. The minimum atomic E-state index is -0.178. The average Bonchev–Trinajstić information content (AvgIpc) is 4.17. The Balaban J connectivity index is 0.811. The fraction of sp³-hybridized carbons (Fsp3) is 0.158. The second kappa shape index (κ2) is 15.1. The zero-order valence-electron chi connectivity index (χ0n) is 45.2. The lowest BCUT2D eigenvalue weighted by molar-refractivity contribution is 0.653. The van der Waals surface area contributed by atoms with Gasteiger partial charge < -0.3 is 4.90 Å². The molecule has 0 bridgehead atoms. The van der Waals surface area contributed by atoms with E-state index in [9.17, 15) is 0 Å². The Hall–Kier alpha value is -8.52. The Morgan fingerprint density at radius 3 is 0.831 bits per heavy atom. The lowest BCUT2D eigenvalue weighted by atomic mass is 9.79. The molecular weight excluding hydrogens is 927 g/mol. The van der Waals surface area contributed by atoms with Gasteiger partial charge in [0.1, 0.15) is 0 Å². The third-order valence-electron chi connectivity index (χ3n) is 19.3. The van der Waals surface area contributed by atoms with Crippen molar-refractivity contribution in [3.8, 4) is 55.6 Å². The van der Waals surface area contributed by atoms with Crippen LogP contribution in [0.25, 0.3) is 98.7 Å². The van der Waals surface area contributed by atoms with Gasteiger partial charge in [-0.3, -0.25) is 0 Å². The van der Waals surface area contributed by atoms with Crippen LogP contribution in [0.3, 0.4) is 0 Å². The van der Waals surface area contributed by atoms with Gasteiger partial charge in [-0.2, -0.15) is 0 Å². The van der Waals surface area contributed by atoms with Crippen molar-refractivity contribution in [2.24, 2.45) is 0 Å². The molecule has 0 spiro atoms. The molecule has 0 atom stereocenters. The van der Waals surface area contributed by atoms with Gasteiger partial charge in [0, 0.05) is 38.7 Å². The van der Waals surface area contributed by atoms with Crippen LogP contribution in [0.5, 0.6) is 0 Å². The van der Waals surface area contributed by atoms with Crippen LogP contribution in [0.15, 0.2) is 212 Å². The fourth-order valence-electron chi connectivity index (χ4n) is 14.9. The summed E-state index contributed by atoms with van der Waals surface area (Å²) in [4.78, 5) is 2.47. The Labute approximate surface area is 452 Å². The maximum atomic E-state index is 2.55. The van der Waals surface area contributed by atoms with Crippen molar-refractivity contribution in [3.63, 3.8) is 0 Å². The van der Waals surface area contributed by atoms with Crippen LogP contribution in [0.4, 0.5) is 17.1 Å². The lowest BCUT2D eigenvalue weighted by Crippen LogP contribution is -2.17. The number of hydrogen-bond acceptors (Lipinski definition) is 1. The number of fused-ring (bicyclic) bond motifs is 16. The topological polar surface area (TPSA) is 3.24 Å². The van der Waals surface area contributed by atoms with Gasteiger partial charge in [0.2, 0.25) is 0 Å². The van der Waals surface area contributed by atoms with Gasteiger partial charge in [0.05, 0.1) is 0 Å². The van der Waals surface area contributed by atoms with Gasteiger partial charge in [-0.05, 0) is 252 Å². The molecule has 12 aromatic carbocycles. The van der Waals surface area contributed by atoms with E-state index in [0.717, 1.165) is 17.1 Å². The van der Waals surface area contributed by atoms with E-state index < -0.39 is 0 Å². The SMILES string of the molecule is CC1(C)c2cc3c(cc2-c2cc4ccccc4cc21)C(C)(C)c1cc2cc(N(c4ccc(-c5ccccc5)cc4)c4ccc5cc6c(cc5c4)C(C)(C)c4cc5c(cc4-6)C(C)(C)c4cc6ccccc6cc4-5)ccc2cc1-3. The van der Waals surface area contributed by atoms with Crippen LogP contribution in [0.2, 0.25) is 0 Å². The summed E-state index contributed by atoms with van der Waals surface area (Å²) in [5, 5.41) is 10.2. The molecule has 0 aromatic heterocycles. The zero-order valence-corrected chi connectivity index (χ0v) is 45.2. The summed E-state index contributed by atoms with van der Waals surface area (Å²) >= 11 is 0. The summed E-state index contributed by atoms with van der Waals surface area (Å²) in [7, 11) is 0. The smallest absolute Gasteiger partial charge is 0.0468 e. The summed E-state index contributed by atoms with van der Waals surface area (Å²) in [6, 6.07) is 81.6. The van der Waals surface area contributed by atoms with Gasteiger partial charge in [-0.25, -0.2) is 0 Å². The van der Waals surface area contributed by atoms with Crippen molar-refractivity contribution in [1.82, 2.24) is 0 Å². The Morgan fingerprint density at radius 1 is 0.208 bits per heavy atom. The first kappa shape index (κ1) is 44.7. The molecule has 0 amide bonds. The van der Waals surface area contributed by atoms with Gasteiger partial charge in [-0.15, -0.1) is 0 Å². The van der Waals surface area contributed by atoms with Crippen molar-refractivity contribution in [2.45, 2.75) is 77.0 Å². The highest BCUT2D eigenvalue weighted by atomic mass is 15.1.